The average Bonchev–Trinajstić information content (AvgIpc) is 2.36. The number of aliphatic hydroxyl groups is 1. The van der Waals surface area contributed by atoms with Gasteiger partial charge in [-0.05, 0) is 30.5 Å². The number of methoxy groups -OCH3 is 2. The molecule has 0 radical (unpaired) electrons. The van der Waals surface area contributed by atoms with Crippen LogP contribution in [-0.4, -0.2) is 31.9 Å². The second-order valence-electron chi connectivity index (χ2n) is 3.75. The van der Waals surface area contributed by atoms with E-state index in [0.29, 0.717) is 24.3 Å². The normalized spacial score (nSPS) is 10.0. The van der Waals surface area contributed by atoms with Gasteiger partial charge >= 0.3 is 5.97 Å². The molecule has 1 rings (SSSR count). The lowest BCUT2D eigenvalue weighted by atomic mass is 10.1. The number of aryl methyl sites for hydroxylation is 1. The van der Waals surface area contributed by atoms with Crippen molar-refractivity contribution in [1.29, 1.82) is 0 Å². The van der Waals surface area contributed by atoms with Crippen molar-refractivity contribution in [3.05, 3.63) is 17.7 Å². The SMILES string of the molecule is COc1cc(CCCO)cc(OC)c1OC(C)=O. The molecular formula is C13H18O5. The Kier molecular flexibility index (Phi) is 5.45. The Morgan fingerprint density at radius 1 is 1.22 bits per heavy atom. The van der Waals surface area contributed by atoms with Gasteiger partial charge in [-0.2, -0.15) is 0 Å². The Balaban J connectivity index is 3.12. The van der Waals surface area contributed by atoms with Gasteiger partial charge in [-0.1, -0.05) is 0 Å². The van der Waals surface area contributed by atoms with E-state index in [-0.39, 0.29) is 12.4 Å². The summed E-state index contributed by atoms with van der Waals surface area (Å²) in [6.45, 7) is 1.44. The molecule has 0 aromatic heterocycles. The van der Waals surface area contributed by atoms with Crippen LogP contribution in [0.1, 0.15) is 18.9 Å². The minimum Gasteiger partial charge on any atom is -0.493 e. The number of carbonyl (C=O) groups excluding carboxylic acids is 1. The van der Waals surface area contributed by atoms with Crippen molar-refractivity contribution in [3.63, 3.8) is 0 Å². The molecule has 0 atom stereocenters. The van der Waals surface area contributed by atoms with Crippen LogP contribution in [0.15, 0.2) is 12.1 Å². The Labute approximate surface area is 106 Å². The quantitative estimate of drug-likeness (QED) is 0.616. The summed E-state index contributed by atoms with van der Waals surface area (Å²) in [7, 11) is 3.00. The van der Waals surface area contributed by atoms with E-state index < -0.39 is 5.97 Å². The maximum Gasteiger partial charge on any atom is 0.308 e. The highest BCUT2D eigenvalue weighted by Crippen LogP contribution is 2.38. The number of benzene rings is 1. The van der Waals surface area contributed by atoms with Crippen LogP contribution in [0, 0.1) is 0 Å². The van der Waals surface area contributed by atoms with Crippen molar-refractivity contribution in [2.24, 2.45) is 0 Å². The molecule has 0 fully saturated rings. The minimum absolute atomic E-state index is 0.121. The molecule has 0 aliphatic heterocycles. The van der Waals surface area contributed by atoms with E-state index in [4.69, 9.17) is 19.3 Å². The lowest BCUT2D eigenvalue weighted by Crippen LogP contribution is -2.05. The number of ether oxygens (including phenoxy) is 3. The molecule has 0 saturated carbocycles. The number of aliphatic hydroxyl groups excluding tert-OH is 1. The molecule has 0 bridgehead atoms. The first kappa shape index (κ1) is 14.3. The first-order valence-corrected chi connectivity index (χ1v) is 5.66. The van der Waals surface area contributed by atoms with Crippen molar-refractivity contribution in [2.75, 3.05) is 20.8 Å². The Hall–Kier alpha value is -1.75. The van der Waals surface area contributed by atoms with Crippen molar-refractivity contribution in [2.45, 2.75) is 19.8 Å². The standard InChI is InChI=1S/C13H18O5/c1-9(15)18-13-11(16-2)7-10(5-4-6-14)8-12(13)17-3/h7-8,14H,4-6H2,1-3H3. The van der Waals surface area contributed by atoms with Crippen LogP contribution >= 0.6 is 0 Å². The molecule has 5 nitrogen and oxygen atoms in total. The first-order chi connectivity index (χ1) is 8.62. The zero-order chi connectivity index (χ0) is 13.5. The van der Waals surface area contributed by atoms with E-state index in [1.54, 1.807) is 12.1 Å². The second kappa shape index (κ2) is 6.86. The third kappa shape index (κ3) is 3.63. The smallest absolute Gasteiger partial charge is 0.308 e. The molecule has 0 saturated heterocycles. The molecule has 1 N–H and O–H groups in total. The number of hydrogen-bond donors (Lipinski definition) is 1. The number of rotatable bonds is 6. The fourth-order valence-corrected chi connectivity index (χ4v) is 1.61. The first-order valence-electron chi connectivity index (χ1n) is 5.66. The fraction of sp³-hybridized carbons (Fsp3) is 0.462. The van der Waals surface area contributed by atoms with Crippen LogP contribution in [0.3, 0.4) is 0 Å². The third-order valence-corrected chi connectivity index (χ3v) is 2.39. The molecule has 1 aromatic rings. The van der Waals surface area contributed by atoms with Gasteiger partial charge in [-0.25, -0.2) is 0 Å². The highest BCUT2D eigenvalue weighted by Gasteiger charge is 2.15. The zero-order valence-electron chi connectivity index (χ0n) is 10.9. The van der Waals surface area contributed by atoms with Gasteiger partial charge in [-0.3, -0.25) is 4.79 Å². The molecule has 0 aliphatic carbocycles. The van der Waals surface area contributed by atoms with Gasteiger partial charge in [0.15, 0.2) is 11.5 Å². The molecule has 1 aromatic carbocycles. The maximum absolute atomic E-state index is 11.0. The maximum atomic E-state index is 11.0. The van der Waals surface area contributed by atoms with E-state index in [1.807, 2.05) is 0 Å². The molecule has 0 spiro atoms. The molecular weight excluding hydrogens is 236 g/mol. The second-order valence-corrected chi connectivity index (χ2v) is 3.75. The van der Waals surface area contributed by atoms with Crippen LogP contribution in [0.2, 0.25) is 0 Å². The van der Waals surface area contributed by atoms with Crippen molar-refractivity contribution in [3.8, 4) is 17.2 Å². The third-order valence-electron chi connectivity index (χ3n) is 2.39. The van der Waals surface area contributed by atoms with Gasteiger partial charge in [0.1, 0.15) is 0 Å². The van der Waals surface area contributed by atoms with E-state index in [1.165, 1.54) is 21.1 Å². The molecule has 0 unspecified atom stereocenters. The van der Waals surface area contributed by atoms with Gasteiger partial charge in [0.25, 0.3) is 0 Å². The Morgan fingerprint density at radius 3 is 2.17 bits per heavy atom. The van der Waals surface area contributed by atoms with Crippen LogP contribution < -0.4 is 14.2 Å². The summed E-state index contributed by atoms with van der Waals surface area (Å²) in [6, 6.07) is 3.55. The summed E-state index contributed by atoms with van der Waals surface area (Å²) in [4.78, 5) is 11.0. The van der Waals surface area contributed by atoms with Crippen molar-refractivity contribution < 1.29 is 24.1 Å². The predicted octanol–water partition coefficient (Wildman–Crippen LogP) is 1.55. The highest BCUT2D eigenvalue weighted by atomic mass is 16.6. The molecule has 100 valence electrons. The Bertz CT molecular complexity index is 389. The molecule has 0 amide bonds. The lowest BCUT2D eigenvalue weighted by molar-refractivity contribution is -0.132. The van der Waals surface area contributed by atoms with Crippen molar-refractivity contribution in [1.82, 2.24) is 0 Å². The van der Waals surface area contributed by atoms with Crippen LogP contribution in [0.25, 0.3) is 0 Å². The summed E-state index contributed by atoms with van der Waals surface area (Å²) >= 11 is 0. The minimum atomic E-state index is -0.435. The summed E-state index contributed by atoms with van der Waals surface area (Å²) in [5, 5.41) is 8.82. The van der Waals surface area contributed by atoms with E-state index in [9.17, 15) is 4.79 Å². The molecule has 0 aliphatic rings. The molecule has 5 heteroatoms. The average molecular weight is 254 g/mol. The van der Waals surface area contributed by atoms with Gasteiger partial charge in [0.05, 0.1) is 14.2 Å². The van der Waals surface area contributed by atoms with Crippen LogP contribution in [0.4, 0.5) is 0 Å². The van der Waals surface area contributed by atoms with Crippen LogP contribution in [0.5, 0.6) is 17.2 Å². The number of carbonyl (C=O) groups is 1. The topological polar surface area (TPSA) is 65.0 Å². The molecule has 0 heterocycles. The van der Waals surface area contributed by atoms with E-state index in [2.05, 4.69) is 0 Å². The van der Waals surface area contributed by atoms with Crippen LogP contribution in [-0.2, 0) is 11.2 Å². The fourth-order valence-electron chi connectivity index (χ4n) is 1.61. The van der Waals surface area contributed by atoms with Gasteiger partial charge in [-0.15, -0.1) is 0 Å². The van der Waals surface area contributed by atoms with Gasteiger partial charge in [0.2, 0.25) is 5.75 Å². The number of hydrogen-bond acceptors (Lipinski definition) is 5. The Morgan fingerprint density at radius 2 is 1.78 bits per heavy atom. The zero-order valence-corrected chi connectivity index (χ0v) is 10.9. The van der Waals surface area contributed by atoms with Gasteiger partial charge < -0.3 is 19.3 Å². The molecule has 18 heavy (non-hydrogen) atoms. The largest absolute Gasteiger partial charge is 0.493 e. The number of esters is 1. The monoisotopic (exact) mass is 254 g/mol. The van der Waals surface area contributed by atoms with Gasteiger partial charge in [0, 0.05) is 13.5 Å². The predicted molar refractivity (Wildman–Crippen MR) is 66.3 cm³/mol. The summed E-state index contributed by atoms with van der Waals surface area (Å²) in [6.07, 6.45) is 1.35. The van der Waals surface area contributed by atoms with E-state index >= 15 is 0 Å². The summed E-state index contributed by atoms with van der Waals surface area (Å²) in [5.41, 5.74) is 0.952. The summed E-state index contributed by atoms with van der Waals surface area (Å²) < 4.78 is 15.5. The summed E-state index contributed by atoms with van der Waals surface area (Å²) in [5.74, 6) is 0.727. The van der Waals surface area contributed by atoms with Crippen molar-refractivity contribution >= 4 is 5.97 Å². The lowest BCUT2D eigenvalue weighted by Gasteiger charge is -2.14. The van der Waals surface area contributed by atoms with E-state index in [0.717, 1.165) is 5.56 Å². The highest BCUT2D eigenvalue weighted by molar-refractivity contribution is 5.72.